The van der Waals surface area contributed by atoms with Gasteiger partial charge in [0.05, 0.1) is 5.69 Å². The van der Waals surface area contributed by atoms with Gasteiger partial charge in [-0.25, -0.2) is 0 Å². The molecular formula is C12H9F12NS2. The molecule has 1 aromatic heterocycles. The Hall–Kier alpha value is -0.860. The van der Waals surface area contributed by atoms with E-state index in [0.29, 0.717) is 10.6 Å². The van der Waals surface area contributed by atoms with Crippen molar-refractivity contribution in [2.45, 2.75) is 48.2 Å². The number of halogens is 12. The molecule has 1 rings (SSSR count). The monoisotopic (exact) mass is 459 g/mol. The lowest BCUT2D eigenvalue weighted by atomic mass is 10.0. The zero-order valence-electron chi connectivity index (χ0n) is 12.8. The van der Waals surface area contributed by atoms with Crippen LogP contribution in [0, 0.1) is 0 Å². The number of aromatic nitrogens is 1. The second-order valence-electron chi connectivity index (χ2n) is 5.00. The fourth-order valence-electron chi connectivity index (χ4n) is 2.01. The van der Waals surface area contributed by atoms with Crippen LogP contribution in [0.3, 0.4) is 0 Å². The van der Waals surface area contributed by atoms with Gasteiger partial charge < -0.3 is 4.57 Å². The standard InChI is InChI=1S/C12H9F12NS2/c1-2-25-5-3-4-6(25)8(11(19,20)21,12(22,23)24)27-26-7(9(13,14)15)10(16,17)18/h3-5,7H,2H2,1H3. The van der Waals surface area contributed by atoms with E-state index < -0.39 is 68.5 Å². The maximum Gasteiger partial charge on any atom is 0.418 e. The molecule has 0 aliphatic heterocycles. The summed E-state index contributed by atoms with van der Waals surface area (Å²) in [6.07, 6.45) is -23.9. The summed E-state index contributed by atoms with van der Waals surface area (Å²) in [5.74, 6) is 0. The average molecular weight is 459 g/mol. The minimum atomic E-state index is -6.24. The van der Waals surface area contributed by atoms with E-state index in [2.05, 4.69) is 0 Å². The van der Waals surface area contributed by atoms with Crippen LogP contribution in [0.15, 0.2) is 18.3 Å². The molecule has 0 amide bonds. The van der Waals surface area contributed by atoms with Crippen molar-refractivity contribution in [1.82, 2.24) is 4.57 Å². The summed E-state index contributed by atoms with van der Waals surface area (Å²) in [6, 6.07) is 1.13. The molecule has 0 unspecified atom stereocenters. The minimum Gasteiger partial charge on any atom is -0.350 e. The van der Waals surface area contributed by atoms with E-state index in [0.717, 1.165) is 19.2 Å². The lowest BCUT2D eigenvalue weighted by Crippen LogP contribution is -2.52. The van der Waals surface area contributed by atoms with Crippen LogP contribution in [0.4, 0.5) is 52.7 Å². The Morgan fingerprint density at radius 2 is 1.30 bits per heavy atom. The topological polar surface area (TPSA) is 4.93 Å². The fourth-order valence-corrected chi connectivity index (χ4v) is 5.13. The molecule has 0 bridgehead atoms. The molecule has 0 radical (unpaired) electrons. The molecule has 0 saturated heterocycles. The Bertz CT molecular complexity index is 596. The van der Waals surface area contributed by atoms with Crippen molar-refractivity contribution in [2.24, 2.45) is 0 Å². The summed E-state index contributed by atoms with van der Waals surface area (Å²) in [5, 5.41) is -4.44. The minimum absolute atomic E-state index is 0.355. The highest BCUT2D eigenvalue weighted by Gasteiger charge is 2.75. The highest BCUT2D eigenvalue weighted by atomic mass is 33.1. The van der Waals surface area contributed by atoms with Gasteiger partial charge in [-0.2, -0.15) is 52.7 Å². The van der Waals surface area contributed by atoms with E-state index in [1.807, 2.05) is 0 Å². The molecule has 1 nitrogen and oxygen atoms in total. The van der Waals surface area contributed by atoms with Gasteiger partial charge in [0.1, 0.15) is 0 Å². The fraction of sp³-hybridized carbons (Fsp3) is 0.667. The van der Waals surface area contributed by atoms with Crippen LogP contribution in [-0.4, -0.2) is 34.5 Å². The van der Waals surface area contributed by atoms with Crippen molar-refractivity contribution < 1.29 is 52.7 Å². The Morgan fingerprint density at radius 1 is 0.852 bits per heavy atom. The van der Waals surface area contributed by atoms with Crippen molar-refractivity contribution in [2.75, 3.05) is 0 Å². The second kappa shape index (κ2) is 7.52. The van der Waals surface area contributed by atoms with Crippen LogP contribution in [0.1, 0.15) is 12.6 Å². The van der Waals surface area contributed by atoms with Crippen LogP contribution < -0.4 is 0 Å². The molecule has 1 heterocycles. The Labute approximate surface area is 151 Å². The second-order valence-corrected chi connectivity index (χ2v) is 7.52. The maximum atomic E-state index is 13.5. The molecular weight excluding hydrogens is 450 g/mol. The molecule has 15 heteroatoms. The Morgan fingerprint density at radius 3 is 1.63 bits per heavy atom. The molecule has 0 aliphatic rings. The van der Waals surface area contributed by atoms with E-state index in [4.69, 9.17) is 0 Å². The Kier molecular flexibility index (Phi) is 6.73. The largest absolute Gasteiger partial charge is 0.418 e. The van der Waals surface area contributed by atoms with Gasteiger partial charge in [-0.3, -0.25) is 0 Å². The van der Waals surface area contributed by atoms with E-state index in [1.165, 1.54) is 0 Å². The van der Waals surface area contributed by atoms with Crippen LogP contribution >= 0.6 is 21.6 Å². The SMILES string of the molecule is CCn1cccc1C(SSC(C(F)(F)F)C(F)(F)F)(C(F)(F)F)C(F)(F)F. The lowest BCUT2D eigenvalue weighted by Gasteiger charge is -2.37. The van der Waals surface area contributed by atoms with Gasteiger partial charge in [0, 0.05) is 12.7 Å². The molecule has 0 atom stereocenters. The van der Waals surface area contributed by atoms with Gasteiger partial charge in [-0.05, 0) is 19.1 Å². The van der Waals surface area contributed by atoms with Crippen LogP contribution in [0.2, 0.25) is 0 Å². The molecule has 0 saturated carbocycles. The molecule has 0 N–H and O–H groups in total. The first-order chi connectivity index (χ1) is 11.9. The summed E-state index contributed by atoms with van der Waals surface area (Å²) in [4.78, 5) is 0. The molecule has 0 fully saturated rings. The summed E-state index contributed by atoms with van der Waals surface area (Å²) in [7, 11) is -3.14. The summed E-state index contributed by atoms with van der Waals surface area (Å²) < 4.78 is 152. The van der Waals surface area contributed by atoms with Crippen LogP contribution in [0.5, 0.6) is 0 Å². The van der Waals surface area contributed by atoms with Gasteiger partial charge in [-0.1, -0.05) is 21.6 Å². The van der Waals surface area contributed by atoms with Gasteiger partial charge in [0.25, 0.3) is 4.75 Å². The number of alkyl halides is 12. The molecule has 1 aromatic rings. The zero-order valence-corrected chi connectivity index (χ0v) is 14.4. The molecule has 27 heavy (non-hydrogen) atoms. The average Bonchev–Trinajstić information content (AvgIpc) is 2.85. The highest BCUT2D eigenvalue weighted by molar-refractivity contribution is 8.77. The molecule has 0 aromatic carbocycles. The van der Waals surface area contributed by atoms with E-state index in [-0.39, 0.29) is 0 Å². The zero-order chi connectivity index (χ0) is 21.5. The molecule has 0 aliphatic carbocycles. The normalized spacial score (nSPS) is 14.9. The van der Waals surface area contributed by atoms with E-state index in [9.17, 15) is 52.7 Å². The van der Waals surface area contributed by atoms with Crippen molar-refractivity contribution in [1.29, 1.82) is 0 Å². The van der Waals surface area contributed by atoms with Crippen molar-refractivity contribution in [3.05, 3.63) is 24.0 Å². The first-order valence-electron chi connectivity index (χ1n) is 6.66. The third kappa shape index (κ3) is 4.77. The summed E-state index contributed by atoms with van der Waals surface area (Å²) in [6.45, 7) is 0.733. The van der Waals surface area contributed by atoms with Gasteiger partial charge in [0.15, 0.2) is 0 Å². The van der Waals surface area contributed by atoms with E-state index in [1.54, 1.807) is 0 Å². The van der Waals surface area contributed by atoms with Crippen molar-refractivity contribution in [3.8, 4) is 0 Å². The maximum absolute atomic E-state index is 13.5. The molecule has 158 valence electrons. The van der Waals surface area contributed by atoms with E-state index >= 15 is 0 Å². The third-order valence-electron chi connectivity index (χ3n) is 3.19. The van der Waals surface area contributed by atoms with Crippen molar-refractivity contribution in [3.63, 3.8) is 0 Å². The van der Waals surface area contributed by atoms with Crippen LogP contribution in [-0.2, 0) is 11.3 Å². The first-order valence-corrected chi connectivity index (χ1v) is 8.88. The van der Waals surface area contributed by atoms with Gasteiger partial charge in [-0.15, -0.1) is 0 Å². The molecule has 0 spiro atoms. The predicted octanol–water partition coefficient (Wildman–Crippen LogP) is 6.70. The summed E-state index contributed by atoms with van der Waals surface area (Å²) >= 11 is 0. The number of nitrogens with zero attached hydrogens (tertiary/aromatic N) is 1. The quantitative estimate of drug-likeness (QED) is 0.357. The number of hydrogen-bond donors (Lipinski definition) is 0. The number of rotatable bonds is 5. The smallest absolute Gasteiger partial charge is 0.350 e. The lowest BCUT2D eigenvalue weighted by molar-refractivity contribution is -0.270. The first kappa shape index (κ1) is 24.2. The summed E-state index contributed by atoms with van der Waals surface area (Å²) in [5.41, 5.74) is -1.52. The number of hydrogen-bond acceptors (Lipinski definition) is 2. The predicted molar refractivity (Wildman–Crippen MR) is 75.0 cm³/mol. The third-order valence-corrected chi connectivity index (χ3v) is 6.55. The number of aryl methyl sites for hydroxylation is 1. The van der Waals surface area contributed by atoms with Gasteiger partial charge >= 0.3 is 24.7 Å². The van der Waals surface area contributed by atoms with Crippen LogP contribution in [0.25, 0.3) is 0 Å². The van der Waals surface area contributed by atoms with Crippen molar-refractivity contribution >= 4 is 21.6 Å². The van der Waals surface area contributed by atoms with Gasteiger partial charge in [0.2, 0.25) is 5.25 Å². The highest BCUT2D eigenvalue weighted by Crippen LogP contribution is 2.64. The Balaban J connectivity index is 3.57.